The van der Waals surface area contributed by atoms with Crippen molar-refractivity contribution >= 4 is 17.5 Å². The highest BCUT2D eigenvalue weighted by Gasteiger charge is 2.18. The van der Waals surface area contributed by atoms with Crippen LogP contribution < -0.4 is 5.32 Å². The van der Waals surface area contributed by atoms with Gasteiger partial charge in [-0.3, -0.25) is 0 Å². The molecule has 1 aliphatic carbocycles. The molecule has 0 atom stereocenters. The smallest absolute Gasteiger partial charge is 0.203 e. The lowest BCUT2D eigenvalue weighted by Crippen LogP contribution is -2.10. The predicted octanol–water partition coefficient (Wildman–Crippen LogP) is 4.26. The van der Waals surface area contributed by atoms with Crippen LogP contribution in [0.2, 0.25) is 5.02 Å². The molecule has 1 fully saturated rings. The standard InChI is InChI=1S/C15H18ClN3/c16-14-8-4-1-5-12(14)11-18-15-17-9-10-19(15)13-6-2-3-7-13/h1,4-5,8-10,13H,2-3,6-7,11H2,(H,17,18). The molecule has 3 nitrogen and oxygen atoms in total. The van der Waals surface area contributed by atoms with Gasteiger partial charge in [-0.1, -0.05) is 42.6 Å². The van der Waals surface area contributed by atoms with Gasteiger partial charge >= 0.3 is 0 Å². The van der Waals surface area contributed by atoms with Crippen LogP contribution >= 0.6 is 11.6 Å². The highest BCUT2D eigenvalue weighted by Crippen LogP contribution is 2.31. The number of nitrogens with zero attached hydrogens (tertiary/aromatic N) is 2. The lowest BCUT2D eigenvalue weighted by atomic mass is 10.2. The van der Waals surface area contributed by atoms with Gasteiger partial charge < -0.3 is 9.88 Å². The quantitative estimate of drug-likeness (QED) is 0.903. The van der Waals surface area contributed by atoms with E-state index in [1.807, 2.05) is 30.5 Å². The monoisotopic (exact) mass is 275 g/mol. The molecule has 4 heteroatoms. The summed E-state index contributed by atoms with van der Waals surface area (Å²) in [5.41, 5.74) is 1.10. The zero-order valence-electron chi connectivity index (χ0n) is 10.8. The van der Waals surface area contributed by atoms with Crippen molar-refractivity contribution in [3.8, 4) is 0 Å². The fourth-order valence-corrected chi connectivity index (χ4v) is 2.95. The summed E-state index contributed by atoms with van der Waals surface area (Å²) in [5, 5.41) is 4.19. The molecule has 0 saturated heterocycles. The minimum Gasteiger partial charge on any atom is -0.352 e. The first kappa shape index (κ1) is 12.5. The molecule has 1 aromatic heterocycles. The molecule has 0 bridgehead atoms. The van der Waals surface area contributed by atoms with Crippen LogP contribution in [0, 0.1) is 0 Å². The van der Waals surface area contributed by atoms with Gasteiger partial charge in [0.25, 0.3) is 0 Å². The van der Waals surface area contributed by atoms with Crippen molar-refractivity contribution in [3.63, 3.8) is 0 Å². The van der Waals surface area contributed by atoms with E-state index in [-0.39, 0.29) is 0 Å². The SMILES string of the molecule is Clc1ccccc1CNc1nccn1C1CCCC1. The van der Waals surface area contributed by atoms with Crippen LogP contribution in [-0.2, 0) is 6.54 Å². The first-order chi connectivity index (χ1) is 9.34. The van der Waals surface area contributed by atoms with Crippen molar-refractivity contribution in [2.24, 2.45) is 0 Å². The molecule has 1 aliphatic rings. The van der Waals surface area contributed by atoms with Crippen LogP contribution in [-0.4, -0.2) is 9.55 Å². The van der Waals surface area contributed by atoms with Crippen molar-refractivity contribution in [1.29, 1.82) is 0 Å². The maximum absolute atomic E-state index is 6.16. The lowest BCUT2D eigenvalue weighted by molar-refractivity contribution is 0.523. The molecule has 0 radical (unpaired) electrons. The number of benzene rings is 1. The van der Waals surface area contributed by atoms with Crippen LogP contribution in [0.5, 0.6) is 0 Å². The van der Waals surface area contributed by atoms with Gasteiger partial charge in [-0.2, -0.15) is 0 Å². The van der Waals surface area contributed by atoms with Crippen molar-refractivity contribution in [2.75, 3.05) is 5.32 Å². The van der Waals surface area contributed by atoms with Gasteiger partial charge in [0.05, 0.1) is 0 Å². The van der Waals surface area contributed by atoms with Crippen LogP contribution in [0.3, 0.4) is 0 Å². The summed E-state index contributed by atoms with van der Waals surface area (Å²) >= 11 is 6.16. The predicted molar refractivity (Wildman–Crippen MR) is 78.5 cm³/mol. The van der Waals surface area contributed by atoms with Crippen molar-refractivity contribution in [2.45, 2.75) is 38.3 Å². The first-order valence-corrected chi connectivity index (χ1v) is 7.22. The van der Waals surface area contributed by atoms with Gasteiger partial charge in [-0.15, -0.1) is 0 Å². The van der Waals surface area contributed by atoms with E-state index in [4.69, 9.17) is 11.6 Å². The largest absolute Gasteiger partial charge is 0.352 e. The van der Waals surface area contributed by atoms with E-state index in [0.29, 0.717) is 12.6 Å². The summed E-state index contributed by atoms with van der Waals surface area (Å²) in [6.45, 7) is 0.712. The van der Waals surface area contributed by atoms with Crippen LogP contribution in [0.15, 0.2) is 36.7 Å². The van der Waals surface area contributed by atoms with Gasteiger partial charge in [-0.25, -0.2) is 4.98 Å². The molecular weight excluding hydrogens is 258 g/mol. The first-order valence-electron chi connectivity index (χ1n) is 6.85. The van der Waals surface area contributed by atoms with Crippen LogP contribution in [0.25, 0.3) is 0 Å². The minimum atomic E-state index is 0.608. The number of imidazole rings is 1. The number of halogens is 1. The Kier molecular flexibility index (Phi) is 3.74. The highest BCUT2D eigenvalue weighted by atomic mass is 35.5. The second kappa shape index (κ2) is 5.66. The number of rotatable bonds is 4. The Balaban J connectivity index is 1.70. The van der Waals surface area contributed by atoms with Crippen LogP contribution in [0.1, 0.15) is 37.3 Å². The molecule has 0 amide bonds. The maximum Gasteiger partial charge on any atom is 0.203 e. The normalized spacial score (nSPS) is 15.8. The zero-order valence-corrected chi connectivity index (χ0v) is 11.6. The lowest BCUT2D eigenvalue weighted by Gasteiger charge is -2.16. The third-order valence-electron chi connectivity index (χ3n) is 3.78. The molecule has 2 aromatic rings. The van der Waals surface area contributed by atoms with E-state index >= 15 is 0 Å². The summed E-state index contributed by atoms with van der Waals surface area (Å²) < 4.78 is 2.27. The van der Waals surface area contributed by atoms with Crippen molar-refractivity contribution < 1.29 is 0 Å². The number of anilines is 1. The zero-order chi connectivity index (χ0) is 13.1. The fraction of sp³-hybridized carbons (Fsp3) is 0.400. The molecule has 0 aliphatic heterocycles. The van der Waals surface area contributed by atoms with E-state index in [1.54, 1.807) is 0 Å². The third kappa shape index (κ3) is 2.76. The Morgan fingerprint density at radius 3 is 2.84 bits per heavy atom. The van der Waals surface area contributed by atoms with Gasteiger partial charge in [0, 0.05) is 30.0 Å². The van der Waals surface area contributed by atoms with E-state index in [9.17, 15) is 0 Å². The third-order valence-corrected chi connectivity index (χ3v) is 4.15. The van der Waals surface area contributed by atoms with Gasteiger partial charge in [0.2, 0.25) is 5.95 Å². The van der Waals surface area contributed by atoms with Gasteiger partial charge in [-0.05, 0) is 24.5 Å². The second-order valence-corrected chi connectivity index (χ2v) is 5.45. The molecule has 3 rings (SSSR count). The number of aromatic nitrogens is 2. The molecule has 1 aromatic carbocycles. The molecule has 1 heterocycles. The average Bonchev–Trinajstić information content (AvgIpc) is 3.08. The number of hydrogen-bond donors (Lipinski definition) is 1. The second-order valence-electron chi connectivity index (χ2n) is 5.04. The Morgan fingerprint density at radius 2 is 2.05 bits per heavy atom. The van der Waals surface area contributed by atoms with E-state index in [2.05, 4.69) is 21.1 Å². The number of nitrogens with one attached hydrogen (secondary N) is 1. The Morgan fingerprint density at radius 1 is 1.26 bits per heavy atom. The van der Waals surface area contributed by atoms with Crippen LogP contribution in [0.4, 0.5) is 5.95 Å². The van der Waals surface area contributed by atoms with Crippen molar-refractivity contribution in [1.82, 2.24) is 9.55 Å². The molecule has 19 heavy (non-hydrogen) atoms. The molecule has 0 spiro atoms. The van der Waals surface area contributed by atoms with E-state index in [1.165, 1.54) is 25.7 Å². The summed E-state index contributed by atoms with van der Waals surface area (Å²) in [6.07, 6.45) is 9.12. The van der Waals surface area contributed by atoms with E-state index < -0.39 is 0 Å². The average molecular weight is 276 g/mol. The topological polar surface area (TPSA) is 29.9 Å². The molecular formula is C15H18ClN3. The summed E-state index contributed by atoms with van der Waals surface area (Å²) in [6, 6.07) is 8.52. The summed E-state index contributed by atoms with van der Waals surface area (Å²) in [5.74, 6) is 0.951. The van der Waals surface area contributed by atoms with E-state index in [0.717, 1.165) is 16.5 Å². The summed E-state index contributed by atoms with van der Waals surface area (Å²) in [7, 11) is 0. The highest BCUT2D eigenvalue weighted by molar-refractivity contribution is 6.31. The van der Waals surface area contributed by atoms with Crippen molar-refractivity contribution in [3.05, 3.63) is 47.2 Å². The molecule has 1 saturated carbocycles. The molecule has 1 N–H and O–H groups in total. The Labute approximate surface area is 118 Å². The molecule has 0 unspecified atom stereocenters. The minimum absolute atomic E-state index is 0.608. The number of hydrogen-bond acceptors (Lipinski definition) is 2. The van der Waals surface area contributed by atoms with Gasteiger partial charge in [0.15, 0.2) is 0 Å². The molecule has 100 valence electrons. The van der Waals surface area contributed by atoms with Gasteiger partial charge in [0.1, 0.15) is 0 Å². The summed E-state index contributed by atoms with van der Waals surface area (Å²) in [4.78, 5) is 4.41. The Hall–Kier alpha value is -1.48. The maximum atomic E-state index is 6.16. The Bertz CT molecular complexity index is 544. The fourth-order valence-electron chi connectivity index (χ4n) is 2.74.